The predicted molar refractivity (Wildman–Crippen MR) is 101 cm³/mol. The molecule has 1 aliphatic rings. The lowest BCUT2D eigenvalue weighted by molar-refractivity contribution is -0.158. The lowest BCUT2D eigenvalue weighted by Crippen LogP contribution is -2.49. The first kappa shape index (κ1) is 20.3. The Balaban J connectivity index is 1.79. The van der Waals surface area contributed by atoms with Gasteiger partial charge in [-0.3, -0.25) is 9.59 Å². The van der Waals surface area contributed by atoms with Crippen LogP contribution in [0.4, 0.5) is 0 Å². The van der Waals surface area contributed by atoms with Crippen molar-refractivity contribution in [2.45, 2.75) is 38.1 Å². The van der Waals surface area contributed by atoms with Gasteiger partial charge in [0.05, 0.1) is 11.1 Å². The molecule has 0 radical (unpaired) electrons. The van der Waals surface area contributed by atoms with Crippen LogP contribution in [-0.2, 0) is 23.8 Å². The van der Waals surface area contributed by atoms with Gasteiger partial charge in [0.25, 0.3) is 0 Å². The average Bonchev–Trinajstić information content (AvgIpc) is 2.71. The Morgan fingerprint density at radius 2 is 1.31 bits per heavy atom. The number of rotatable bonds is 5. The predicted octanol–water partition coefficient (Wildman–Crippen LogP) is 2.73. The quantitative estimate of drug-likeness (QED) is 0.566. The zero-order valence-corrected chi connectivity index (χ0v) is 15.8. The molecular formula is C22H20O7. The van der Waals surface area contributed by atoms with Gasteiger partial charge < -0.3 is 14.2 Å². The summed E-state index contributed by atoms with van der Waals surface area (Å²) in [5.41, 5.74) is 0.568. The number of ether oxygens (including phenoxy) is 3. The molecule has 29 heavy (non-hydrogen) atoms. The molecule has 0 bridgehead atoms. The van der Waals surface area contributed by atoms with Crippen LogP contribution in [0.15, 0.2) is 60.7 Å². The summed E-state index contributed by atoms with van der Waals surface area (Å²) < 4.78 is 16.0. The molecule has 0 amide bonds. The second kappa shape index (κ2) is 9.14. The maximum Gasteiger partial charge on any atom is 0.338 e. The fourth-order valence-corrected chi connectivity index (χ4v) is 3.13. The largest absolute Gasteiger partial charge is 0.462 e. The summed E-state index contributed by atoms with van der Waals surface area (Å²) in [5, 5.41) is 0. The maximum absolute atomic E-state index is 12.6. The van der Waals surface area contributed by atoms with E-state index in [1.54, 1.807) is 60.7 Å². The molecule has 0 heterocycles. The first-order valence-corrected chi connectivity index (χ1v) is 9.16. The highest BCUT2D eigenvalue weighted by molar-refractivity contribution is 5.94. The van der Waals surface area contributed by atoms with Crippen molar-refractivity contribution in [1.82, 2.24) is 0 Å². The van der Waals surface area contributed by atoms with Crippen LogP contribution in [-0.4, -0.2) is 42.0 Å². The van der Waals surface area contributed by atoms with Gasteiger partial charge in [0, 0.05) is 19.8 Å². The van der Waals surface area contributed by atoms with E-state index in [0.717, 1.165) is 0 Å². The number of ketones is 1. The van der Waals surface area contributed by atoms with Crippen molar-refractivity contribution in [3.8, 4) is 0 Å². The van der Waals surface area contributed by atoms with E-state index >= 15 is 0 Å². The molecule has 0 aromatic heterocycles. The van der Waals surface area contributed by atoms with Crippen molar-refractivity contribution < 1.29 is 33.4 Å². The summed E-state index contributed by atoms with van der Waals surface area (Å²) in [5.74, 6) is -2.38. The summed E-state index contributed by atoms with van der Waals surface area (Å²) in [7, 11) is 0. The van der Waals surface area contributed by atoms with Crippen LogP contribution in [0.25, 0.3) is 0 Å². The smallest absolute Gasteiger partial charge is 0.338 e. The molecular weight excluding hydrogens is 376 g/mol. The Labute approximate surface area is 167 Å². The molecule has 1 aliphatic carbocycles. The van der Waals surface area contributed by atoms with Gasteiger partial charge in [-0.25, -0.2) is 9.59 Å². The van der Waals surface area contributed by atoms with Gasteiger partial charge >= 0.3 is 17.9 Å². The number of hydrogen-bond acceptors (Lipinski definition) is 7. The molecule has 3 atom stereocenters. The van der Waals surface area contributed by atoms with Crippen molar-refractivity contribution in [1.29, 1.82) is 0 Å². The van der Waals surface area contributed by atoms with Gasteiger partial charge in [0.1, 0.15) is 12.2 Å². The normalized spacial score (nSPS) is 21.1. The highest BCUT2D eigenvalue weighted by Crippen LogP contribution is 2.26. The standard InChI is InChI=1S/C22H20O7/c1-14(23)27-17-12-18(24)20(29-22(26)16-10-6-3-7-11-16)19(13-17)28-21(25)15-8-4-2-5-9-15/h2-11,17,19-20H,12-13H2,1H3/t17-,19+,20+/m0/s1. The number of Topliss-reactive ketones (excluding diaryl/α,β-unsaturated/α-hetero) is 1. The highest BCUT2D eigenvalue weighted by atomic mass is 16.6. The van der Waals surface area contributed by atoms with Gasteiger partial charge in [0.2, 0.25) is 0 Å². The first-order chi connectivity index (χ1) is 13.9. The van der Waals surface area contributed by atoms with Crippen LogP contribution in [0.2, 0.25) is 0 Å². The van der Waals surface area contributed by atoms with Crippen LogP contribution in [0.1, 0.15) is 40.5 Å². The monoisotopic (exact) mass is 396 g/mol. The Morgan fingerprint density at radius 1 is 0.793 bits per heavy atom. The summed E-state index contributed by atoms with van der Waals surface area (Å²) in [6.45, 7) is 1.23. The molecule has 0 spiro atoms. The minimum absolute atomic E-state index is 0.0522. The van der Waals surface area contributed by atoms with Crippen molar-refractivity contribution in [3.05, 3.63) is 71.8 Å². The minimum atomic E-state index is -1.28. The van der Waals surface area contributed by atoms with Crippen LogP contribution in [0, 0.1) is 0 Å². The van der Waals surface area contributed by atoms with Crippen molar-refractivity contribution in [2.24, 2.45) is 0 Å². The topological polar surface area (TPSA) is 96.0 Å². The third-order valence-corrected chi connectivity index (χ3v) is 4.42. The van der Waals surface area contributed by atoms with E-state index in [9.17, 15) is 19.2 Å². The summed E-state index contributed by atoms with van der Waals surface area (Å²) in [6.07, 6.45) is -3.16. The fourth-order valence-electron chi connectivity index (χ4n) is 3.13. The fraction of sp³-hybridized carbons (Fsp3) is 0.273. The number of carbonyl (C=O) groups excluding carboxylic acids is 4. The molecule has 1 saturated carbocycles. The van der Waals surface area contributed by atoms with E-state index < -0.39 is 42.0 Å². The molecule has 0 unspecified atom stereocenters. The van der Waals surface area contributed by atoms with E-state index in [2.05, 4.69) is 0 Å². The van der Waals surface area contributed by atoms with Gasteiger partial charge in [-0.05, 0) is 24.3 Å². The highest BCUT2D eigenvalue weighted by Gasteiger charge is 2.43. The summed E-state index contributed by atoms with van der Waals surface area (Å²) >= 11 is 0. The number of esters is 3. The molecule has 150 valence electrons. The van der Waals surface area contributed by atoms with Crippen LogP contribution in [0.5, 0.6) is 0 Å². The van der Waals surface area contributed by atoms with Gasteiger partial charge in [-0.2, -0.15) is 0 Å². The zero-order chi connectivity index (χ0) is 20.8. The molecule has 2 aromatic rings. The van der Waals surface area contributed by atoms with Crippen LogP contribution in [0.3, 0.4) is 0 Å². The molecule has 3 rings (SSSR count). The van der Waals surface area contributed by atoms with E-state index in [0.29, 0.717) is 5.56 Å². The SMILES string of the molecule is CC(=O)O[C@H]1CC(=O)[C@@H](OC(=O)c2ccccc2)[C@H](OC(=O)c2ccccc2)C1. The van der Waals surface area contributed by atoms with Gasteiger partial charge in [-0.1, -0.05) is 36.4 Å². The lowest BCUT2D eigenvalue weighted by atomic mass is 9.90. The molecule has 1 fully saturated rings. The number of hydrogen-bond donors (Lipinski definition) is 0. The first-order valence-electron chi connectivity index (χ1n) is 9.16. The summed E-state index contributed by atoms with van der Waals surface area (Å²) in [4.78, 5) is 48.8. The van der Waals surface area contributed by atoms with E-state index in [4.69, 9.17) is 14.2 Å². The zero-order valence-electron chi connectivity index (χ0n) is 15.8. The molecule has 7 heteroatoms. The van der Waals surface area contributed by atoms with E-state index in [1.807, 2.05) is 0 Å². The van der Waals surface area contributed by atoms with Crippen LogP contribution < -0.4 is 0 Å². The van der Waals surface area contributed by atoms with Gasteiger partial charge in [-0.15, -0.1) is 0 Å². The third kappa shape index (κ3) is 5.28. The minimum Gasteiger partial charge on any atom is -0.462 e. The van der Waals surface area contributed by atoms with E-state index in [1.165, 1.54) is 6.92 Å². The third-order valence-electron chi connectivity index (χ3n) is 4.42. The van der Waals surface area contributed by atoms with Crippen molar-refractivity contribution in [3.63, 3.8) is 0 Å². The second-order valence-corrected chi connectivity index (χ2v) is 6.64. The van der Waals surface area contributed by atoms with Crippen molar-refractivity contribution in [2.75, 3.05) is 0 Å². The molecule has 2 aromatic carbocycles. The second-order valence-electron chi connectivity index (χ2n) is 6.64. The Bertz CT molecular complexity index is 892. The molecule has 0 aliphatic heterocycles. The lowest BCUT2D eigenvalue weighted by Gasteiger charge is -2.33. The Hall–Kier alpha value is -3.48. The average molecular weight is 396 g/mol. The maximum atomic E-state index is 12.6. The molecule has 0 N–H and O–H groups in total. The number of benzene rings is 2. The summed E-state index contributed by atoms with van der Waals surface area (Å²) in [6, 6.07) is 16.5. The van der Waals surface area contributed by atoms with Gasteiger partial charge in [0.15, 0.2) is 11.9 Å². The molecule has 0 saturated heterocycles. The Morgan fingerprint density at radius 3 is 1.83 bits per heavy atom. The number of carbonyl (C=O) groups is 4. The van der Waals surface area contributed by atoms with Crippen molar-refractivity contribution >= 4 is 23.7 Å². The molecule has 7 nitrogen and oxygen atoms in total. The van der Waals surface area contributed by atoms with Crippen LogP contribution >= 0.6 is 0 Å². The Kier molecular flexibility index (Phi) is 6.39. The van der Waals surface area contributed by atoms with E-state index in [-0.39, 0.29) is 18.4 Å².